The van der Waals surface area contributed by atoms with Gasteiger partial charge in [0, 0.05) is 10.2 Å². The Morgan fingerprint density at radius 1 is 1.30 bits per heavy atom. The zero-order valence-corrected chi connectivity index (χ0v) is 16.9. The van der Waals surface area contributed by atoms with Crippen LogP contribution in [-0.4, -0.2) is 33.6 Å². The summed E-state index contributed by atoms with van der Waals surface area (Å²) in [7, 11) is 0. The Morgan fingerprint density at radius 3 is 2.48 bits per heavy atom. The van der Waals surface area contributed by atoms with E-state index in [1.165, 1.54) is 6.07 Å². The van der Waals surface area contributed by atoms with Gasteiger partial charge in [-0.25, -0.2) is 0 Å². The molecule has 1 saturated carbocycles. The first-order valence-electron chi connectivity index (χ1n) is 8.83. The molecular weight excluding hydrogens is 425 g/mol. The van der Waals surface area contributed by atoms with E-state index in [0.29, 0.717) is 17.3 Å². The highest BCUT2D eigenvalue weighted by Crippen LogP contribution is 2.52. The summed E-state index contributed by atoms with van der Waals surface area (Å²) < 4.78 is 42.5. The van der Waals surface area contributed by atoms with E-state index in [9.17, 15) is 23.1 Å². The lowest BCUT2D eigenvalue weighted by Gasteiger charge is -2.42. The fraction of sp³-hybridized carbons (Fsp3) is 0.579. The zero-order chi connectivity index (χ0) is 20.2. The number of hydrazone groups is 1. The molecule has 1 N–H and O–H groups in total. The van der Waals surface area contributed by atoms with Crippen LogP contribution in [0.3, 0.4) is 0 Å². The third-order valence-corrected chi connectivity index (χ3v) is 6.34. The number of nitrogens with zero attached hydrogens (tertiary/aromatic N) is 2. The van der Waals surface area contributed by atoms with Crippen molar-refractivity contribution in [2.45, 2.75) is 51.9 Å². The summed E-state index contributed by atoms with van der Waals surface area (Å²) in [5, 5.41) is 15.1. The number of amides is 1. The van der Waals surface area contributed by atoms with Crippen molar-refractivity contribution in [3.63, 3.8) is 0 Å². The van der Waals surface area contributed by atoms with Gasteiger partial charge in [-0.2, -0.15) is 23.3 Å². The second-order valence-corrected chi connectivity index (χ2v) is 9.16. The molecule has 3 rings (SSSR count). The molecule has 2 aliphatic rings. The van der Waals surface area contributed by atoms with Crippen molar-refractivity contribution in [2.24, 2.45) is 22.4 Å². The highest BCUT2D eigenvalue weighted by atomic mass is 79.9. The molecule has 0 spiro atoms. The van der Waals surface area contributed by atoms with E-state index in [1.807, 2.05) is 20.8 Å². The SMILES string of the molecule is CC(C)(C)[C@@H]1CCC2=NN(C(=O)c3ccccc3Br)[C@](O)(C(F)(F)F)[C@@H]2C1. The molecule has 148 valence electrons. The molecule has 8 heteroatoms. The van der Waals surface area contributed by atoms with Gasteiger partial charge < -0.3 is 5.11 Å². The predicted octanol–water partition coefficient (Wildman–Crippen LogP) is 4.97. The van der Waals surface area contributed by atoms with Crippen molar-refractivity contribution in [1.29, 1.82) is 0 Å². The summed E-state index contributed by atoms with van der Waals surface area (Å²) in [5.41, 5.74) is -3.26. The monoisotopic (exact) mass is 446 g/mol. The van der Waals surface area contributed by atoms with Crippen LogP contribution in [0, 0.1) is 17.3 Å². The van der Waals surface area contributed by atoms with Gasteiger partial charge in [-0.15, -0.1) is 0 Å². The fourth-order valence-electron chi connectivity index (χ4n) is 3.96. The summed E-state index contributed by atoms with van der Waals surface area (Å²) in [4.78, 5) is 12.9. The summed E-state index contributed by atoms with van der Waals surface area (Å²) in [6.45, 7) is 5.93. The van der Waals surface area contributed by atoms with E-state index in [2.05, 4.69) is 21.0 Å². The molecule has 0 unspecified atom stereocenters. The molecule has 27 heavy (non-hydrogen) atoms. The van der Waals surface area contributed by atoms with Gasteiger partial charge in [-0.1, -0.05) is 32.9 Å². The number of rotatable bonds is 1. The van der Waals surface area contributed by atoms with Gasteiger partial charge in [0.05, 0.1) is 11.5 Å². The molecule has 1 aliphatic heterocycles. The topological polar surface area (TPSA) is 52.9 Å². The zero-order valence-electron chi connectivity index (χ0n) is 15.3. The third kappa shape index (κ3) is 3.31. The lowest BCUT2D eigenvalue weighted by atomic mass is 9.66. The minimum Gasteiger partial charge on any atom is -0.362 e. The molecule has 1 heterocycles. The molecule has 1 amide bonds. The van der Waals surface area contributed by atoms with Crippen molar-refractivity contribution < 1.29 is 23.1 Å². The Kier molecular flexibility index (Phi) is 4.96. The maximum atomic E-state index is 14.0. The normalized spacial score (nSPS) is 28.7. The molecule has 0 bridgehead atoms. The Hall–Kier alpha value is -1.41. The van der Waals surface area contributed by atoms with Crippen LogP contribution in [-0.2, 0) is 0 Å². The van der Waals surface area contributed by atoms with E-state index in [1.54, 1.807) is 18.2 Å². The number of carbonyl (C=O) groups excluding carboxylic acids is 1. The Morgan fingerprint density at radius 2 is 1.93 bits per heavy atom. The highest BCUT2D eigenvalue weighted by Gasteiger charge is 2.69. The van der Waals surface area contributed by atoms with E-state index >= 15 is 0 Å². The van der Waals surface area contributed by atoms with Gasteiger partial charge in [0.1, 0.15) is 0 Å². The number of alkyl halides is 3. The Bertz CT molecular complexity index is 788. The second-order valence-electron chi connectivity index (χ2n) is 8.30. The van der Waals surface area contributed by atoms with Crippen LogP contribution in [0.2, 0.25) is 0 Å². The summed E-state index contributed by atoms with van der Waals surface area (Å²) in [6, 6.07) is 6.17. The number of hydrogen-bond acceptors (Lipinski definition) is 3. The summed E-state index contributed by atoms with van der Waals surface area (Å²) in [5.74, 6) is -2.23. The molecule has 0 aromatic heterocycles. The van der Waals surface area contributed by atoms with Crippen LogP contribution in [0.25, 0.3) is 0 Å². The van der Waals surface area contributed by atoms with Crippen molar-refractivity contribution in [3.8, 4) is 0 Å². The number of fused-ring (bicyclic) bond motifs is 1. The van der Waals surface area contributed by atoms with Crippen LogP contribution in [0.1, 0.15) is 50.4 Å². The maximum Gasteiger partial charge on any atom is 0.439 e. The average molecular weight is 447 g/mol. The number of aliphatic hydroxyl groups is 1. The number of carbonyl (C=O) groups is 1. The quantitative estimate of drug-likeness (QED) is 0.661. The van der Waals surface area contributed by atoms with E-state index < -0.39 is 23.7 Å². The van der Waals surface area contributed by atoms with Crippen molar-refractivity contribution >= 4 is 27.5 Å². The standard InChI is InChI=1S/C19H22BrF3N2O2/c1-17(2,3)11-8-9-15-13(10-11)18(27,19(21,22)23)25(24-15)16(26)12-6-4-5-7-14(12)20/h4-7,11,13,27H,8-10H2,1-3H3/t11-,13-,18-/m1/s1. The Balaban J connectivity index is 2.04. The molecule has 0 radical (unpaired) electrons. The highest BCUT2D eigenvalue weighted by molar-refractivity contribution is 9.10. The van der Waals surface area contributed by atoms with Gasteiger partial charge >= 0.3 is 6.18 Å². The molecule has 4 nitrogen and oxygen atoms in total. The van der Waals surface area contributed by atoms with Gasteiger partial charge in [0.25, 0.3) is 11.6 Å². The first-order chi connectivity index (χ1) is 12.4. The maximum absolute atomic E-state index is 14.0. The van der Waals surface area contributed by atoms with Crippen LogP contribution >= 0.6 is 15.9 Å². The van der Waals surface area contributed by atoms with Crippen molar-refractivity contribution in [3.05, 3.63) is 34.3 Å². The first kappa shape index (κ1) is 20.3. The van der Waals surface area contributed by atoms with Crippen LogP contribution < -0.4 is 0 Å². The molecule has 3 atom stereocenters. The summed E-state index contributed by atoms with van der Waals surface area (Å²) in [6.07, 6.45) is -3.87. The lowest BCUT2D eigenvalue weighted by Crippen LogP contribution is -2.62. The number of hydrogen-bond donors (Lipinski definition) is 1. The largest absolute Gasteiger partial charge is 0.439 e. The molecule has 1 aromatic carbocycles. The van der Waals surface area contributed by atoms with Gasteiger partial charge in [-0.05, 0) is 58.7 Å². The smallest absolute Gasteiger partial charge is 0.362 e. The molecule has 1 fully saturated rings. The Labute approximate surface area is 164 Å². The van der Waals surface area contributed by atoms with E-state index in [-0.39, 0.29) is 34.0 Å². The number of halogens is 4. The third-order valence-electron chi connectivity index (χ3n) is 5.65. The lowest BCUT2D eigenvalue weighted by molar-refractivity contribution is -0.314. The minimum absolute atomic E-state index is 0.00571. The van der Waals surface area contributed by atoms with Gasteiger partial charge in [-0.3, -0.25) is 4.79 Å². The molecular formula is C19H22BrF3N2O2. The van der Waals surface area contributed by atoms with Crippen molar-refractivity contribution in [1.82, 2.24) is 5.01 Å². The van der Waals surface area contributed by atoms with Crippen LogP contribution in [0.15, 0.2) is 33.8 Å². The fourth-order valence-corrected chi connectivity index (χ4v) is 4.41. The average Bonchev–Trinajstić information content (AvgIpc) is 2.87. The predicted molar refractivity (Wildman–Crippen MR) is 99.0 cm³/mol. The van der Waals surface area contributed by atoms with Crippen LogP contribution in [0.4, 0.5) is 13.2 Å². The van der Waals surface area contributed by atoms with E-state index in [0.717, 1.165) is 0 Å². The minimum atomic E-state index is -5.03. The molecule has 1 aliphatic carbocycles. The second kappa shape index (κ2) is 6.58. The molecule has 1 aromatic rings. The van der Waals surface area contributed by atoms with E-state index in [4.69, 9.17) is 0 Å². The number of benzene rings is 1. The van der Waals surface area contributed by atoms with Crippen LogP contribution in [0.5, 0.6) is 0 Å². The van der Waals surface area contributed by atoms with Gasteiger partial charge in [0.15, 0.2) is 0 Å². The summed E-state index contributed by atoms with van der Waals surface area (Å²) >= 11 is 3.19. The van der Waals surface area contributed by atoms with Crippen molar-refractivity contribution in [2.75, 3.05) is 0 Å². The molecule has 0 saturated heterocycles. The first-order valence-corrected chi connectivity index (χ1v) is 9.62. The van der Waals surface area contributed by atoms with Gasteiger partial charge in [0.2, 0.25) is 0 Å².